The van der Waals surface area contributed by atoms with E-state index in [9.17, 15) is 0 Å². The number of furan rings is 1. The Balaban J connectivity index is 2.93. The lowest BCUT2D eigenvalue weighted by Crippen LogP contribution is -1.75. The highest BCUT2D eigenvalue weighted by atomic mass is 79.9. The van der Waals surface area contributed by atoms with Gasteiger partial charge in [-0.1, -0.05) is 15.9 Å². The molecule has 2 rings (SSSR count). The second-order valence-corrected chi connectivity index (χ2v) is 3.89. The van der Waals surface area contributed by atoms with Gasteiger partial charge in [-0.15, -0.1) is 0 Å². The highest BCUT2D eigenvalue weighted by Crippen LogP contribution is 2.29. The van der Waals surface area contributed by atoms with Crippen LogP contribution in [0.25, 0.3) is 11.0 Å². The molecule has 0 saturated heterocycles. The fourth-order valence-electron chi connectivity index (χ4n) is 1.40. The van der Waals surface area contributed by atoms with Crippen LogP contribution in [0, 0.1) is 13.8 Å². The molecule has 1 aromatic carbocycles. The summed E-state index contributed by atoms with van der Waals surface area (Å²) in [6.45, 7) is 4.11. The first kappa shape index (κ1) is 7.87. The van der Waals surface area contributed by atoms with Gasteiger partial charge in [0.25, 0.3) is 0 Å². The van der Waals surface area contributed by atoms with Crippen LogP contribution in [0.5, 0.6) is 0 Å². The Kier molecular flexibility index (Phi) is 1.72. The summed E-state index contributed by atoms with van der Waals surface area (Å²) in [6.07, 6.45) is 1.79. The van der Waals surface area contributed by atoms with Crippen molar-refractivity contribution in [2.24, 2.45) is 0 Å². The minimum atomic E-state index is 0.958. The van der Waals surface area contributed by atoms with E-state index in [1.54, 1.807) is 6.26 Å². The molecule has 0 N–H and O–H groups in total. The van der Waals surface area contributed by atoms with E-state index in [1.807, 2.05) is 13.0 Å². The summed E-state index contributed by atoms with van der Waals surface area (Å²) in [7, 11) is 0. The summed E-state index contributed by atoms with van der Waals surface area (Å²) in [4.78, 5) is 0. The second-order valence-electron chi connectivity index (χ2n) is 3.04. The molecule has 0 aliphatic rings. The lowest BCUT2D eigenvalue weighted by atomic mass is 10.1. The summed E-state index contributed by atoms with van der Waals surface area (Å²) < 4.78 is 6.49. The Bertz CT molecular complexity index is 429. The molecule has 0 aliphatic carbocycles. The van der Waals surface area contributed by atoms with Crippen molar-refractivity contribution in [1.82, 2.24) is 0 Å². The number of hydrogen-bond donors (Lipinski definition) is 0. The van der Waals surface area contributed by atoms with Gasteiger partial charge in [0.1, 0.15) is 5.58 Å². The van der Waals surface area contributed by atoms with Gasteiger partial charge >= 0.3 is 0 Å². The summed E-state index contributed by atoms with van der Waals surface area (Å²) in [5.74, 6) is 0. The standard InChI is InChI=1S/C10H9BrO/c1-6-3-8(11)10-7(2)5-12-9(10)4-6/h3-5H,1-2H3. The van der Waals surface area contributed by atoms with E-state index in [-0.39, 0.29) is 0 Å². The van der Waals surface area contributed by atoms with Crippen LogP contribution in [0.4, 0.5) is 0 Å². The lowest BCUT2D eigenvalue weighted by molar-refractivity contribution is 0.612. The summed E-state index contributed by atoms with van der Waals surface area (Å²) in [5, 5.41) is 1.18. The number of rotatable bonds is 0. The monoisotopic (exact) mass is 224 g/mol. The molecule has 0 aliphatic heterocycles. The highest BCUT2D eigenvalue weighted by molar-refractivity contribution is 9.10. The number of aryl methyl sites for hydroxylation is 2. The zero-order valence-corrected chi connectivity index (χ0v) is 8.60. The molecule has 0 radical (unpaired) electrons. The van der Waals surface area contributed by atoms with Crippen molar-refractivity contribution in [2.75, 3.05) is 0 Å². The van der Waals surface area contributed by atoms with Gasteiger partial charge in [-0.25, -0.2) is 0 Å². The average molecular weight is 225 g/mol. The molecular weight excluding hydrogens is 216 g/mol. The molecule has 0 bridgehead atoms. The Morgan fingerprint density at radius 3 is 2.75 bits per heavy atom. The van der Waals surface area contributed by atoms with Crippen LogP contribution >= 0.6 is 15.9 Å². The molecule has 0 fully saturated rings. The first-order chi connectivity index (χ1) is 5.68. The van der Waals surface area contributed by atoms with Crippen molar-refractivity contribution >= 4 is 26.9 Å². The van der Waals surface area contributed by atoms with Crippen molar-refractivity contribution in [3.05, 3.63) is 34.0 Å². The molecule has 2 aromatic rings. The molecule has 0 unspecified atom stereocenters. The van der Waals surface area contributed by atoms with E-state index in [0.29, 0.717) is 0 Å². The van der Waals surface area contributed by atoms with Crippen molar-refractivity contribution in [2.45, 2.75) is 13.8 Å². The molecule has 0 spiro atoms. The van der Waals surface area contributed by atoms with Gasteiger partial charge in [-0.2, -0.15) is 0 Å². The fourth-order valence-corrected chi connectivity index (χ4v) is 2.27. The van der Waals surface area contributed by atoms with Gasteiger partial charge in [0.15, 0.2) is 0 Å². The maximum atomic E-state index is 5.38. The van der Waals surface area contributed by atoms with Crippen LogP contribution in [0.3, 0.4) is 0 Å². The van der Waals surface area contributed by atoms with Crippen LogP contribution in [0.1, 0.15) is 11.1 Å². The predicted octanol–water partition coefficient (Wildman–Crippen LogP) is 3.81. The summed E-state index contributed by atoms with van der Waals surface area (Å²) >= 11 is 3.52. The predicted molar refractivity (Wildman–Crippen MR) is 53.4 cm³/mol. The summed E-state index contributed by atoms with van der Waals surface area (Å²) in [6, 6.07) is 4.15. The first-order valence-corrected chi connectivity index (χ1v) is 4.62. The minimum Gasteiger partial charge on any atom is -0.464 e. The third-order valence-electron chi connectivity index (χ3n) is 1.96. The van der Waals surface area contributed by atoms with Crippen LogP contribution in [0.15, 0.2) is 27.3 Å². The molecule has 1 nitrogen and oxygen atoms in total. The van der Waals surface area contributed by atoms with Crippen LogP contribution in [-0.2, 0) is 0 Å². The van der Waals surface area contributed by atoms with E-state index in [4.69, 9.17) is 4.42 Å². The second kappa shape index (κ2) is 2.63. The fraction of sp³-hybridized carbons (Fsp3) is 0.200. The van der Waals surface area contributed by atoms with E-state index in [1.165, 1.54) is 16.5 Å². The number of fused-ring (bicyclic) bond motifs is 1. The largest absolute Gasteiger partial charge is 0.464 e. The van der Waals surface area contributed by atoms with Crippen LogP contribution in [-0.4, -0.2) is 0 Å². The third-order valence-corrected chi connectivity index (χ3v) is 2.58. The maximum Gasteiger partial charge on any atom is 0.135 e. The zero-order chi connectivity index (χ0) is 8.72. The van der Waals surface area contributed by atoms with Gasteiger partial charge in [0, 0.05) is 9.86 Å². The molecule has 62 valence electrons. The Labute approximate surface area is 79.5 Å². The Morgan fingerprint density at radius 2 is 2.00 bits per heavy atom. The molecule has 0 saturated carbocycles. The van der Waals surface area contributed by atoms with Gasteiger partial charge in [0.05, 0.1) is 6.26 Å². The lowest BCUT2D eigenvalue weighted by Gasteiger charge is -1.96. The maximum absolute atomic E-state index is 5.38. The Hall–Kier alpha value is -0.760. The molecule has 1 aromatic heterocycles. The van der Waals surface area contributed by atoms with E-state index >= 15 is 0 Å². The third kappa shape index (κ3) is 1.07. The van der Waals surface area contributed by atoms with Crippen LogP contribution in [0.2, 0.25) is 0 Å². The van der Waals surface area contributed by atoms with Crippen LogP contribution < -0.4 is 0 Å². The first-order valence-electron chi connectivity index (χ1n) is 3.82. The van der Waals surface area contributed by atoms with Gasteiger partial charge in [-0.05, 0) is 37.1 Å². The molecule has 0 atom stereocenters. The average Bonchev–Trinajstić information content (AvgIpc) is 2.31. The molecule has 0 amide bonds. The van der Waals surface area contributed by atoms with E-state index in [2.05, 4.69) is 28.9 Å². The topological polar surface area (TPSA) is 13.1 Å². The van der Waals surface area contributed by atoms with Crippen molar-refractivity contribution in [3.8, 4) is 0 Å². The van der Waals surface area contributed by atoms with Crippen molar-refractivity contribution < 1.29 is 4.42 Å². The normalized spacial score (nSPS) is 10.9. The number of halogens is 1. The van der Waals surface area contributed by atoms with Gasteiger partial charge in [-0.3, -0.25) is 0 Å². The minimum absolute atomic E-state index is 0.958. The highest BCUT2D eigenvalue weighted by Gasteiger charge is 2.05. The molecule has 12 heavy (non-hydrogen) atoms. The number of benzene rings is 1. The van der Waals surface area contributed by atoms with Gasteiger partial charge < -0.3 is 4.42 Å². The van der Waals surface area contributed by atoms with Gasteiger partial charge in [0.2, 0.25) is 0 Å². The van der Waals surface area contributed by atoms with Crippen molar-refractivity contribution in [1.29, 1.82) is 0 Å². The van der Waals surface area contributed by atoms with E-state index < -0.39 is 0 Å². The zero-order valence-electron chi connectivity index (χ0n) is 7.02. The quantitative estimate of drug-likeness (QED) is 0.664. The Morgan fingerprint density at radius 1 is 1.25 bits per heavy atom. The number of hydrogen-bond acceptors (Lipinski definition) is 1. The van der Waals surface area contributed by atoms with E-state index in [0.717, 1.165) is 10.1 Å². The molecular formula is C10H9BrO. The smallest absolute Gasteiger partial charge is 0.135 e. The summed E-state index contributed by atoms with van der Waals surface area (Å²) in [5.41, 5.74) is 3.35. The SMILES string of the molecule is Cc1cc(Br)c2c(C)coc2c1. The molecule has 2 heteroatoms. The molecule has 1 heterocycles. The van der Waals surface area contributed by atoms with Crippen molar-refractivity contribution in [3.63, 3.8) is 0 Å².